The molecule has 0 saturated carbocycles. The normalized spacial score (nSPS) is 13.2. The Labute approximate surface area is 118 Å². The molecule has 0 bridgehead atoms. The SMILES string of the molecule is Cc1ccc(S(=O)(=O)[C@@H](CN)c2ccccc2F)cc1. The number of hydrogen-bond donors (Lipinski definition) is 1. The van der Waals surface area contributed by atoms with Crippen molar-refractivity contribution in [1.82, 2.24) is 0 Å². The van der Waals surface area contributed by atoms with E-state index in [4.69, 9.17) is 5.73 Å². The standard InChI is InChI=1S/C15H16FNO2S/c1-11-6-8-12(9-7-11)20(18,19)15(10-17)13-4-2-3-5-14(13)16/h2-9,15H,10,17H2,1H3/t15-/m0/s1. The molecule has 106 valence electrons. The molecule has 0 heterocycles. The lowest BCUT2D eigenvalue weighted by Gasteiger charge is -2.17. The van der Waals surface area contributed by atoms with Crippen LogP contribution in [0.5, 0.6) is 0 Å². The Morgan fingerprint density at radius 3 is 2.25 bits per heavy atom. The summed E-state index contributed by atoms with van der Waals surface area (Å²) >= 11 is 0. The van der Waals surface area contributed by atoms with E-state index in [-0.39, 0.29) is 17.0 Å². The van der Waals surface area contributed by atoms with E-state index in [0.717, 1.165) is 5.56 Å². The Kier molecular flexibility index (Phi) is 4.20. The quantitative estimate of drug-likeness (QED) is 0.942. The Balaban J connectivity index is 2.51. The molecule has 5 heteroatoms. The number of rotatable bonds is 4. The van der Waals surface area contributed by atoms with Gasteiger partial charge in [-0.15, -0.1) is 0 Å². The Morgan fingerprint density at radius 2 is 1.70 bits per heavy atom. The number of aryl methyl sites for hydroxylation is 1. The van der Waals surface area contributed by atoms with E-state index < -0.39 is 20.9 Å². The third-order valence-electron chi connectivity index (χ3n) is 3.19. The molecular formula is C15H16FNO2S. The van der Waals surface area contributed by atoms with Gasteiger partial charge in [-0.05, 0) is 25.1 Å². The second-order valence-corrected chi connectivity index (χ2v) is 6.73. The predicted molar refractivity (Wildman–Crippen MR) is 76.6 cm³/mol. The molecule has 0 amide bonds. The highest BCUT2D eigenvalue weighted by atomic mass is 32.2. The van der Waals surface area contributed by atoms with Crippen molar-refractivity contribution >= 4 is 9.84 Å². The first-order valence-corrected chi connectivity index (χ1v) is 7.76. The molecule has 0 unspecified atom stereocenters. The molecule has 20 heavy (non-hydrogen) atoms. The highest BCUT2D eigenvalue weighted by Gasteiger charge is 2.29. The largest absolute Gasteiger partial charge is 0.329 e. The molecule has 0 aliphatic heterocycles. The monoisotopic (exact) mass is 293 g/mol. The summed E-state index contributed by atoms with van der Waals surface area (Å²) in [4.78, 5) is 0.154. The van der Waals surface area contributed by atoms with Gasteiger partial charge in [0.1, 0.15) is 11.1 Å². The summed E-state index contributed by atoms with van der Waals surface area (Å²) in [6, 6.07) is 12.3. The van der Waals surface area contributed by atoms with Gasteiger partial charge in [-0.3, -0.25) is 0 Å². The third-order valence-corrected chi connectivity index (χ3v) is 5.32. The summed E-state index contributed by atoms with van der Waals surface area (Å²) < 4.78 is 39.0. The van der Waals surface area contributed by atoms with Crippen molar-refractivity contribution in [3.63, 3.8) is 0 Å². The average molecular weight is 293 g/mol. The number of benzene rings is 2. The van der Waals surface area contributed by atoms with Crippen molar-refractivity contribution in [3.05, 3.63) is 65.5 Å². The molecule has 0 radical (unpaired) electrons. The molecule has 2 rings (SSSR count). The minimum Gasteiger partial charge on any atom is -0.329 e. The fraction of sp³-hybridized carbons (Fsp3) is 0.200. The molecule has 0 fully saturated rings. The van der Waals surface area contributed by atoms with Crippen LogP contribution in [0.4, 0.5) is 4.39 Å². The van der Waals surface area contributed by atoms with E-state index in [2.05, 4.69) is 0 Å². The minimum absolute atomic E-state index is 0.107. The van der Waals surface area contributed by atoms with Gasteiger partial charge in [0.15, 0.2) is 9.84 Å². The van der Waals surface area contributed by atoms with E-state index in [1.54, 1.807) is 18.2 Å². The lowest BCUT2D eigenvalue weighted by molar-refractivity contribution is 0.568. The van der Waals surface area contributed by atoms with Crippen LogP contribution in [0, 0.1) is 12.7 Å². The first-order valence-electron chi connectivity index (χ1n) is 6.22. The second-order valence-electron chi connectivity index (χ2n) is 4.60. The lowest BCUT2D eigenvalue weighted by Crippen LogP contribution is -2.23. The fourth-order valence-electron chi connectivity index (χ4n) is 2.05. The first-order chi connectivity index (χ1) is 9.46. The molecule has 2 aromatic carbocycles. The molecule has 1 atom stereocenters. The van der Waals surface area contributed by atoms with E-state index in [0.29, 0.717) is 0 Å². The van der Waals surface area contributed by atoms with Crippen molar-refractivity contribution in [3.8, 4) is 0 Å². The molecule has 0 aromatic heterocycles. The third kappa shape index (κ3) is 2.73. The highest BCUT2D eigenvalue weighted by molar-refractivity contribution is 7.91. The van der Waals surface area contributed by atoms with Crippen molar-refractivity contribution in [2.24, 2.45) is 5.73 Å². The van der Waals surface area contributed by atoms with Gasteiger partial charge in [0.2, 0.25) is 0 Å². The number of halogens is 1. The number of nitrogens with two attached hydrogens (primary N) is 1. The first kappa shape index (κ1) is 14.7. The van der Waals surface area contributed by atoms with Crippen LogP contribution in [0.2, 0.25) is 0 Å². The Morgan fingerprint density at radius 1 is 1.10 bits per heavy atom. The van der Waals surface area contributed by atoms with Gasteiger partial charge in [0, 0.05) is 12.1 Å². The summed E-state index contributed by atoms with van der Waals surface area (Å²) in [5, 5.41) is -1.08. The molecular weight excluding hydrogens is 277 g/mol. The van der Waals surface area contributed by atoms with E-state index >= 15 is 0 Å². The minimum atomic E-state index is -3.71. The van der Waals surface area contributed by atoms with Crippen LogP contribution < -0.4 is 5.73 Å². The Bertz CT molecular complexity index is 696. The number of sulfone groups is 1. The molecule has 0 aliphatic rings. The predicted octanol–water partition coefficient (Wildman–Crippen LogP) is 2.61. The van der Waals surface area contributed by atoms with Crippen LogP contribution in [0.15, 0.2) is 53.4 Å². The Hall–Kier alpha value is -1.72. The van der Waals surface area contributed by atoms with Crippen LogP contribution in [0.1, 0.15) is 16.4 Å². The summed E-state index contributed by atoms with van der Waals surface area (Å²) in [7, 11) is -3.71. The summed E-state index contributed by atoms with van der Waals surface area (Å²) in [5.74, 6) is -0.557. The van der Waals surface area contributed by atoms with E-state index in [1.807, 2.05) is 6.92 Å². The smallest absolute Gasteiger partial charge is 0.186 e. The van der Waals surface area contributed by atoms with Gasteiger partial charge in [-0.25, -0.2) is 12.8 Å². The summed E-state index contributed by atoms with van der Waals surface area (Å²) in [6.07, 6.45) is 0. The van der Waals surface area contributed by atoms with Crippen LogP contribution in [0.3, 0.4) is 0 Å². The highest BCUT2D eigenvalue weighted by Crippen LogP contribution is 2.29. The molecule has 0 saturated heterocycles. The van der Waals surface area contributed by atoms with Crippen LogP contribution >= 0.6 is 0 Å². The van der Waals surface area contributed by atoms with Gasteiger partial charge in [-0.2, -0.15) is 0 Å². The maximum absolute atomic E-state index is 13.8. The topological polar surface area (TPSA) is 60.2 Å². The van der Waals surface area contributed by atoms with E-state index in [1.165, 1.54) is 30.3 Å². The van der Waals surface area contributed by atoms with Gasteiger partial charge < -0.3 is 5.73 Å². The zero-order valence-corrected chi connectivity index (χ0v) is 11.9. The molecule has 0 aliphatic carbocycles. The summed E-state index contributed by atoms with van der Waals surface area (Å²) in [5.41, 5.74) is 6.65. The molecule has 2 aromatic rings. The van der Waals surface area contributed by atoms with Crippen LogP contribution in [0.25, 0.3) is 0 Å². The zero-order chi connectivity index (χ0) is 14.8. The van der Waals surface area contributed by atoms with Crippen LogP contribution in [-0.4, -0.2) is 15.0 Å². The van der Waals surface area contributed by atoms with Crippen molar-refractivity contribution < 1.29 is 12.8 Å². The second kappa shape index (κ2) is 5.73. The maximum atomic E-state index is 13.8. The molecule has 0 spiro atoms. The maximum Gasteiger partial charge on any atom is 0.186 e. The molecule has 3 nitrogen and oxygen atoms in total. The fourth-order valence-corrected chi connectivity index (χ4v) is 3.67. The average Bonchev–Trinajstić information content (AvgIpc) is 2.42. The van der Waals surface area contributed by atoms with Crippen molar-refractivity contribution in [2.75, 3.05) is 6.54 Å². The van der Waals surface area contributed by atoms with Crippen LogP contribution in [-0.2, 0) is 9.84 Å². The summed E-state index contributed by atoms with van der Waals surface area (Å²) in [6.45, 7) is 1.70. The van der Waals surface area contributed by atoms with Crippen molar-refractivity contribution in [2.45, 2.75) is 17.1 Å². The van der Waals surface area contributed by atoms with Gasteiger partial charge in [-0.1, -0.05) is 35.9 Å². The van der Waals surface area contributed by atoms with E-state index in [9.17, 15) is 12.8 Å². The zero-order valence-electron chi connectivity index (χ0n) is 11.1. The van der Waals surface area contributed by atoms with Gasteiger partial charge in [0.25, 0.3) is 0 Å². The molecule has 2 N–H and O–H groups in total. The lowest BCUT2D eigenvalue weighted by atomic mass is 10.1. The van der Waals surface area contributed by atoms with Crippen molar-refractivity contribution in [1.29, 1.82) is 0 Å². The van der Waals surface area contributed by atoms with Gasteiger partial charge >= 0.3 is 0 Å². The van der Waals surface area contributed by atoms with Gasteiger partial charge in [0.05, 0.1) is 4.90 Å². The number of hydrogen-bond acceptors (Lipinski definition) is 3.